The van der Waals surface area contributed by atoms with E-state index in [0.717, 1.165) is 23.5 Å². The summed E-state index contributed by atoms with van der Waals surface area (Å²) in [6.45, 7) is 0. The number of aromatic carboxylic acids is 1. The molecule has 25 heavy (non-hydrogen) atoms. The lowest BCUT2D eigenvalue weighted by Crippen LogP contribution is -1.94. The Labute approximate surface area is 149 Å². The summed E-state index contributed by atoms with van der Waals surface area (Å²) in [6.07, 6.45) is 0. The Morgan fingerprint density at radius 3 is 2.60 bits per heavy atom. The van der Waals surface area contributed by atoms with Crippen molar-refractivity contribution < 1.29 is 18.7 Å². The number of aromatic nitrogens is 1. The number of nitriles is 1. The summed E-state index contributed by atoms with van der Waals surface area (Å²) in [6, 6.07) is 9.24. The molecule has 1 aromatic heterocycles. The molecule has 0 aliphatic carbocycles. The highest BCUT2D eigenvalue weighted by atomic mass is 35.5. The molecule has 3 rings (SSSR count). The van der Waals surface area contributed by atoms with Crippen molar-refractivity contribution in [3.05, 3.63) is 63.6 Å². The molecule has 1 N–H and O–H groups in total. The van der Waals surface area contributed by atoms with E-state index in [0.29, 0.717) is 16.0 Å². The molecule has 0 saturated heterocycles. The topological polar surface area (TPSA) is 74.0 Å². The summed E-state index contributed by atoms with van der Waals surface area (Å²) >= 11 is 6.71. The minimum Gasteiger partial charge on any atom is -0.476 e. The molecule has 0 saturated carbocycles. The SMILES string of the molecule is N#Cc1cc(-c2nc(C(=O)O)sc2-c2cc(F)cc(Cl)c2)ccc1F. The van der Waals surface area contributed by atoms with E-state index in [9.17, 15) is 18.7 Å². The molecule has 0 amide bonds. The third-order valence-corrected chi connectivity index (χ3v) is 4.61. The van der Waals surface area contributed by atoms with E-state index < -0.39 is 17.6 Å². The van der Waals surface area contributed by atoms with Crippen LogP contribution in [0.25, 0.3) is 21.7 Å². The average Bonchev–Trinajstić information content (AvgIpc) is 3.00. The first-order valence-corrected chi connectivity index (χ1v) is 7.99. The van der Waals surface area contributed by atoms with Crippen molar-refractivity contribution in [3.63, 3.8) is 0 Å². The van der Waals surface area contributed by atoms with Gasteiger partial charge in [0.15, 0.2) is 0 Å². The number of benzene rings is 2. The van der Waals surface area contributed by atoms with Crippen LogP contribution in [0.2, 0.25) is 5.02 Å². The number of rotatable bonds is 3. The van der Waals surface area contributed by atoms with Gasteiger partial charge in [-0.1, -0.05) is 11.6 Å². The van der Waals surface area contributed by atoms with E-state index >= 15 is 0 Å². The summed E-state index contributed by atoms with van der Waals surface area (Å²) in [4.78, 5) is 15.7. The maximum absolute atomic E-state index is 13.7. The lowest BCUT2D eigenvalue weighted by molar-refractivity contribution is 0.0696. The molecular weight excluding hydrogens is 370 g/mol. The Hall–Kier alpha value is -2.82. The monoisotopic (exact) mass is 376 g/mol. The lowest BCUT2D eigenvalue weighted by atomic mass is 10.0. The van der Waals surface area contributed by atoms with Gasteiger partial charge in [0, 0.05) is 10.6 Å². The van der Waals surface area contributed by atoms with Gasteiger partial charge in [-0.25, -0.2) is 18.6 Å². The van der Waals surface area contributed by atoms with Crippen LogP contribution < -0.4 is 0 Å². The fourth-order valence-corrected chi connectivity index (χ4v) is 3.38. The van der Waals surface area contributed by atoms with Crippen LogP contribution in [0.5, 0.6) is 0 Å². The van der Waals surface area contributed by atoms with Gasteiger partial charge in [0.2, 0.25) is 5.01 Å². The molecule has 4 nitrogen and oxygen atoms in total. The number of carboxylic acid groups (broad SMARTS) is 1. The van der Waals surface area contributed by atoms with Crippen LogP contribution in [0.1, 0.15) is 15.4 Å². The Kier molecular flexibility index (Phi) is 4.49. The van der Waals surface area contributed by atoms with Crippen molar-refractivity contribution in [1.29, 1.82) is 5.26 Å². The van der Waals surface area contributed by atoms with Gasteiger partial charge in [0.05, 0.1) is 16.1 Å². The van der Waals surface area contributed by atoms with Crippen LogP contribution in [0, 0.1) is 23.0 Å². The third-order valence-electron chi connectivity index (χ3n) is 3.30. The fourth-order valence-electron chi connectivity index (χ4n) is 2.25. The van der Waals surface area contributed by atoms with Crippen molar-refractivity contribution in [2.75, 3.05) is 0 Å². The highest BCUT2D eigenvalue weighted by Gasteiger charge is 2.20. The molecule has 0 aliphatic rings. The highest BCUT2D eigenvalue weighted by Crippen LogP contribution is 2.38. The van der Waals surface area contributed by atoms with Crippen LogP contribution in [0.3, 0.4) is 0 Å². The van der Waals surface area contributed by atoms with Gasteiger partial charge in [-0.2, -0.15) is 5.26 Å². The maximum Gasteiger partial charge on any atom is 0.365 e. The van der Waals surface area contributed by atoms with Crippen LogP contribution in [0.4, 0.5) is 8.78 Å². The normalized spacial score (nSPS) is 10.5. The maximum atomic E-state index is 13.7. The highest BCUT2D eigenvalue weighted by molar-refractivity contribution is 7.17. The Morgan fingerprint density at radius 2 is 1.96 bits per heavy atom. The predicted molar refractivity (Wildman–Crippen MR) is 89.6 cm³/mol. The zero-order valence-corrected chi connectivity index (χ0v) is 13.8. The molecule has 0 bridgehead atoms. The molecule has 0 radical (unpaired) electrons. The standard InChI is InChI=1S/C17H7ClF2N2O2S/c18-11-4-9(5-12(19)6-11)15-14(22-16(25-15)17(23)24)8-1-2-13(20)10(3-8)7-21/h1-6H,(H,23,24). The van der Waals surface area contributed by atoms with Crippen molar-refractivity contribution in [1.82, 2.24) is 4.98 Å². The third kappa shape index (κ3) is 3.36. The van der Waals surface area contributed by atoms with E-state index in [1.807, 2.05) is 0 Å². The number of carboxylic acids is 1. The van der Waals surface area contributed by atoms with Crippen molar-refractivity contribution in [2.24, 2.45) is 0 Å². The van der Waals surface area contributed by atoms with E-state index in [4.69, 9.17) is 16.9 Å². The first-order valence-electron chi connectivity index (χ1n) is 6.79. The van der Waals surface area contributed by atoms with E-state index in [1.54, 1.807) is 6.07 Å². The first kappa shape index (κ1) is 17.0. The van der Waals surface area contributed by atoms with Crippen LogP contribution in [0.15, 0.2) is 36.4 Å². The smallest absolute Gasteiger partial charge is 0.365 e. The van der Waals surface area contributed by atoms with Gasteiger partial charge in [-0.3, -0.25) is 0 Å². The van der Waals surface area contributed by atoms with Gasteiger partial charge in [0.1, 0.15) is 17.7 Å². The van der Waals surface area contributed by atoms with Crippen LogP contribution in [-0.2, 0) is 0 Å². The Bertz CT molecular complexity index is 1020. The van der Waals surface area contributed by atoms with E-state index in [1.165, 1.54) is 24.3 Å². The van der Waals surface area contributed by atoms with Crippen molar-refractivity contribution >= 4 is 28.9 Å². The largest absolute Gasteiger partial charge is 0.476 e. The van der Waals surface area contributed by atoms with Gasteiger partial charge < -0.3 is 5.11 Å². The summed E-state index contributed by atoms with van der Waals surface area (Å²) in [5.41, 5.74) is 0.691. The van der Waals surface area contributed by atoms with Crippen molar-refractivity contribution in [3.8, 4) is 27.8 Å². The summed E-state index contributed by atoms with van der Waals surface area (Å²) in [7, 11) is 0. The van der Waals surface area contributed by atoms with Crippen molar-refractivity contribution in [2.45, 2.75) is 0 Å². The second-order valence-corrected chi connectivity index (χ2v) is 6.40. The molecule has 0 fully saturated rings. The number of hydrogen-bond donors (Lipinski definition) is 1. The number of halogens is 3. The molecule has 0 aliphatic heterocycles. The molecule has 1 heterocycles. The van der Waals surface area contributed by atoms with Gasteiger partial charge in [0.25, 0.3) is 0 Å². The number of hydrogen-bond acceptors (Lipinski definition) is 4. The zero-order valence-electron chi connectivity index (χ0n) is 12.3. The van der Waals surface area contributed by atoms with E-state index in [2.05, 4.69) is 4.98 Å². The minimum absolute atomic E-state index is 0.142. The Balaban J connectivity index is 2.26. The molecule has 3 aromatic rings. The number of carbonyl (C=O) groups is 1. The van der Waals surface area contributed by atoms with E-state index in [-0.39, 0.29) is 21.3 Å². The molecule has 124 valence electrons. The van der Waals surface area contributed by atoms with Crippen LogP contribution >= 0.6 is 22.9 Å². The lowest BCUT2D eigenvalue weighted by Gasteiger charge is -2.05. The molecule has 0 atom stereocenters. The first-order chi connectivity index (χ1) is 11.9. The zero-order chi connectivity index (χ0) is 18.1. The van der Waals surface area contributed by atoms with Gasteiger partial charge in [-0.05, 0) is 42.0 Å². The second-order valence-electron chi connectivity index (χ2n) is 4.97. The van der Waals surface area contributed by atoms with Gasteiger partial charge in [-0.15, -0.1) is 11.3 Å². The molecule has 0 unspecified atom stereocenters. The molecule has 0 spiro atoms. The summed E-state index contributed by atoms with van der Waals surface area (Å²) in [5.74, 6) is -2.53. The summed E-state index contributed by atoms with van der Waals surface area (Å²) < 4.78 is 27.2. The fraction of sp³-hybridized carbons (Fsp3) is 0. The second kappa shape index (κ2) is 6.59. The molecule has 8 heteroatoms. The molecule has 2 aromatic carbocycles. The average molecular weight is 377 g/mol. The number of thiazole rings is 1. The quantitative estimate of drug-likeness (QED) is 0.699. The minimum atomic E-state index is -1.25. The summed E-state index contributed by atoms with van der Waals surface area (Å²) in [5, 5.41) is 18.1. The Morgan fingerprint density at radius 1 is 1.20 bits per heavy atom. The predicted octanol–water partition coefficient (Wildman–Crippen LogP) is 4.98. The van der Waals surface area contributed by atoms with Gasteiger partial charge >= 0.3 is 5.97 Å². The number of nitrogens with zero attached hydrogens (tertiary/aromatic N) is 2. The van der Waals surface area contributed by atoms with Crippen LogP contribution in [-0.4, -0.2) is 16.1 Å². The molecular formula is C17H7ClF2N2O2S.